The number of carbonyl (C=O) groups is 3. The molecule has 5 nitrogen and oxygen atoms in total. The molecule has 0 aromatic carbocycles. The summed E-state index contributed by atoms with van der Waals surface area (Å²) in [7, 11) is 0. The van der Waals surface area contributed by atoms with Crippen LogP contribution >= 0.6 is 0 Å². The van der Waals surface area contributed by atoms with Crippen LogP contribution in [-0.2, 0) is 19.1 Å². The molecule has 0 spiro atoms. The molecule has 1 N–H and O–H groups in total. The van der Waals surface area contributed by atoms with Crippen LogP contribution in [0.5, 0.6) is 0 Å². The Hall–Kier alpha value is -1.75. The first-order valence-corrected chi connectivity index (χ1v) is 8.80. The van der Waals surface area contributed by atoms with Gasteiger partial charge in [-0.25, -0.2) is 4.79 Å². The zero-order valence-electron chi connectivity index (χ0n) is 13.7. The zero-order valence-corrected chi connectivity index (χ0v) is 13.7. The summed E-state index contributed by atoms with van der Waals surface area (Å²) in [6.45, 7) is 1.94. The number of allylic oxidation sites excluding steroid dienone is 3. The molecule has 5 aliphatic rings. The van der Waals surface area contributed by atoms with Crippen molar-refractivity contribution < 1.29 is 24.2 Å². The van der Waals surface area contributed by atoms with Gasteiger partial charge < -0.3 is 9.84 Å². The van der Waals surface area contributed by atoms with E-state index in [4.69, 9.17) is 4.74 Å². The van der Waals surface area contributed by atoms with E-state index in [1.807, 2.05) is 19.1 Å². The second-order valence-electron chi connectivity index (χ2n) is 7.72. The fourth-order valence-electron chi connectivity index (χ4n) is 4.92. The number of aliphatic hydroxyl groups is 1. The number of hydrogen-bond donors (Lipinski definition) is 1. The lowest BCUT2D eigenvalue weighted by Gasteiger charge is -2.37. The van der Waals surface area contributed by atoms with Crippen LogP contribution < -0.4 is 0 Å². The van der Waals surface area contributed by atoms with Gasteiger partial charge in [0, 0.05) is 24.7 Å². The molecule has 0 amide bonds. The molecule has 2 bridgehead atoms. The van der Waals surface area contributed by atoms with Gasteiger partial charge in [-0.3, -0.25) is 9.59 Å². The van der Waals surface area contributed by atoms with Gasteiger partial charge in [0.2, 0.25) is 0 Å². The number of esters is 1. The number of ketones is 2. The van der Waals surface area contributed by atoms with Gasteiger partial charge in [-0.2, -0.15) is 0 Å². The van der Waals surface area contributed by atoms with E-state index in [0.717, 1.165) is 6.42 Å². The minimum atomic E-state index is -0.619. The Morgan fingerprint density at radius 3 is 2.67 bits per heavy atom. The predicted molar refractivity (Wildman–Crippen MR) is 84.7 cm³/mol. The van der Waals surface area contributed by atoms with Crippen LogP contribution in [0.1, 0.15) is 32.6 Å². The van der Waals surface area contributed by atoms with Gasteiger partial charge in [0.1, 0.15) is 11.9 Å². The van der Waals surface area contributed by atoms with E-state index in [-0.39, 0.29) is 53.1 Å². The summed E-state index contributed by atoms with van der Waals surface area (Å²) in [5.74, 6) is -0.610. The van der Waals surface area contributed by atoms with Gasteiger partial charge in [0.25, 0.3) is 0 Å². The summed E-state index contributed by atoms with van der Waals surface area (Å²) >= 11 is 0. The third-order valence-corrected chi connectivity index (χ3v) is 6.10. The number of carbonyl (C=O) groups excluding carboxylic acids is 3. The van der Waals surface area contributed by atoms with Crippen molar-refractivity contribution in [2.24, 2.45) is 29.6 Å². The third kappa shape index (κ3) is 2.46. The van der Waals surface area contributed by atoms with Crippen molar-refractivity contribution in [3.8, 4) is 0 Å². The van der Waals surface area contributed by atoms with Crippen LogP contribution in [0.2, 0.25) is 0 Å². The lowest BCUT2D eigenvalue weighted by Crippen LogP contribution is -2.39. The number of aliphatic hydroxyl groups excluding tert-OH is 1. The smallest absolute Gasteiger partial charge is 0.341 e. The molecule has 5 heteroatoms. The van der Waals surface area contributed by atoms with Gasteiger partial charge in [-0.15, -0.1) is 0 Å². The number of hydrogen-bond acceptors (Lipinski definition) is 5. The van der Waals surface area contributed by atoms with Crippen LogP contribution in [0.15, 0.2) is 23.8 Å². The summed E-state index contributed by atoms with van der Waals surface area (Å²) < 4.78 is 5.33. The molecule has 24 heavy (non-hydrogen) atoms. The summed E-state index contributed by atoms with van der Waals surface area (Å²) in [5.41, 5.74) is 0.138. The molecule has 5 rings (SSSR count). The van der Waals surface area contributed by atoms with Crippen LogP contribution in [0.4, 0.5) is 0 Å². The molecule has 2 heterocycles. The summed E-state index contributed by atoms with van der Waals surface area (Å²) in [6, 6.07) is 0. The van der Waals surface area contributed by atoms with Gasteiger partial charge >= 0.3 is 5.97 Å². The van der Waals surface area contributed by atoms with Gasteiger partial charge in [0.05, 0.1) is 11.7 Å². The first-order valence-electron chi connectivity index (χ1n) is 8.80. The SMILES string of the molecule is CC1CC2C(C=CC3CC(O)CC4CC(=O)C(=CC32)C(=O)O4)C1=O. The lowest BCUT2D eigenvalue weighted by molar-refractivity contribution is -0.153. The maximum atomic E-state index is 12.4. The molecule has 7 unspecified atom stereocenters. The number of Topliss-reactive ketones (excluding diaryl/α,β-unsaturated/α-hetero) is 2. The van der Waals surface area contributed by atoms with Crippen LogP contribution in [0, 0.1) is 29.6 Å². The van der Waals surface area contributed by atoms with Gasteiger partial charge in [-0.1, -0.05) is 25.2 Å². The van der Waals surface area contributed by atoms with Gasteiger partial charge in [-0.05, 0) is 30.6 Å². The van der Waals surface area contributed by atoms with E-state index >= 15 is 0 Å². The van der Waals surface area contributed by atoms with Crippen LogP contribution in [0.3, 0.4) is 0 Å². The van der Waals surface area contributed by atoms with Gasteiger partial charge in [0.15, 0.2) is 5.78 Å². The summed E-state index contributed by atoms with van der Waals surface area (Å²) in [5, 5.41) is 10.4. The van der Waals surface area contributed by atoms with E-state index in [9.17, 15) is 19.5 Å². The highest BCUT2D eigenvalue weighted by atomic mass is 16.5. The first kappa shape index (κ1) is 15.8. The Morgan fingerprint density at radius 1 is 1.12 bits per heavy atom. The minimum Gasteiger partial charge on any atom is -0.458 e. The fraction of sp³-hybridized carbons (Fsp3) is 0.632. The van der Waals surface area contributed by atoms with Crippen molar-refractivity contribution in [3.05, 3.63) is 23.8 Å². The highest BCUT2D eigenvalue weighted by molar-refractivity contribution is 6.18. The second kappa shape index (κ2) is 5.66. The maximum Gasteiger partial charge on any atom is 0.341 e. The Morgan fingerprint density at radius 2 is 1.92 bits per heavy atom. The average Bonchev–Trinajstić information content (AvgIpc) is 2.79. The standard InChI is InChI=1S/C19H22O5/c1-9-4-15-13(18(9)22)3-2-10-5-11(20)6-12-7-17(21)16(8-14(10)15)19(23)24-12/h2-3,8-15,20H,4-7H2,1H3. The molecule has 3 aliphatic carbocycles. The fourth-order valence-corrected chi connectivity index (χ4v) is 4.92. The predicted octanol–water partition coefficient (Wildman–Crippen LogP) is 1.60. The Bertz CT molecular complexity index is 641. The van der Waals surface area contributed by atoms with E-state index in [2.05, 4.69) is 0 Å². The number of fused-ring (bicyclic) bond motifs is 5. The summed E-state index contributed by atoms with van der Waals surface area (Å²) in [6.07, 6.45) is 6.36. The molecular formula is C19H22O5. The normalized spacial score (nSPS) is 44.7. The Balaban J connectivity index is 1.77. The Labute approximate surface area is 140 Å². The molecule has 7 atom stereocenters. The van der Waals surface area contributed by atoms with E-state index in [0.29, 0.717) is 12.8 Å². The highest BCUT2D eigenvalue weighted by Gasteiger charge is 2.47. The second-order valence-corrected chi connectivity index (χ2v) is 7.72. The molecule has 1 saturated carbocycles. The van der Waals surface area contributed by atoms with E-state index < -0.39 is 18.2 Å². The minimum absolute atomic E-state index is 0.000480. The Kier molecular flexibility index (Phi) is 3.71. The van der Waals surface area contributed by atoms with Crippen molar-refractivity contribution >= 4 is 17.5 Å². The largest absolute Gasteiger partial charge is 0.458 e. The highest BCUT2D eigenvalue weighted by Crippen LogP contribution is 2.47. The molecule has 2 aliphatic heterocycles. The quantitative estimate of drug-likeness (QED) is 0.414. The molecule has 0 aromatic heterocycles. The number of rotatable bonds is 0. The van der Waals surface area contributed by atoms with Crippen molar-refractivity contribution in [2.75, 3.05) is 0 Å². The molecule has 0 aromatic rings. The molecule has 2 fully saturated rings. The third-order valence-electron chi connectivity index (χ3n) is 6.10. The van der Waals surface area contributed by atoms with E-state index in [1.165, 1.54) is 0 Å². The average molecular weight is 330 g/mol. The first-order chi connectivity index (χ1) is 11.4. The lowest BCUT2D eigenvalue weighted by atomic mass is 9.68. The van der Waals surface area contributed by atoms with Crippen LogP contribution in [-0.4, -0.2) is 34.9 Å². The van der Waals surface area contributed by atoms with Crippen molar-refractivity contribution in [1.29, 1.82) is 0 Å². The number of ether oxygens (including phenoxy) is 1. The van der Waals surface area contributed by atoms with Crippen molar-refractivity contribution in [3.63, 3.8) is 0 Å². The maximum absolute atomic E-state index is 12.4. The van der Waals surface area contributed by atoms with E-state index in [1.54, 1.807) is 6.08 Å². The zero-order chi connectivity index (χ0) is 17.0. The van der Waals surface area contributed by atoms with Crippen molar-refractivity contribution in [2.45, 2.75) is 44.8 Å². The van der Waals surface area contributed by atoms with Crippen LogP contribution in [0.25, 0.3) is 0 Å². The molecule has 1 saturated heterocycles. The molecule has 0 radical (unpaired) electrons. The topological polar surface area (TPSA) is 80.7 Å². The monoisotopic (exact) mass is 330 g/mol. The molecular weight excluding hydrogens is 308 g/mol. The van der Waals surface area contributed by atoms with Crippen molar-refractivity contribution in [1.82, 2.24) is 0 Å². The summed E-state index contributed by atoms with van der Waals surface area (Å²) in [4.78, 5) is 37.0. The molecule has 128 valence electrons.